The molecule has 0 radical (unpaired) electrons. The molecule has 2 N–H and O–H groups in total. The van der Waals surface area contributed by atoms with Crippen LogP contribution in [-0.4, -0.2) is 18.4 Å². The first-order valence-electron chi connectivity index (χ1n) is 6.19. The molecule has 0 aliphatic rings. The molecule has 1 atom stereocenters. The molecule has 0 saturated heterocycles. The number of anilines is 1. The number of benzene rings is 2. The van der Waals surface area contributed by atoms with Crippen molar-refractivity contribution in [3.8, 4) is 11.5 Å². The highest BCUT2D eigenvalue weighted by Crippen LogP contribution is 2.29. The summed E-state index contributed by atoms with van der Waals surface area (Å²) in [5.41, 5.74) is 7.19. The Labute approximate surface area is 131 Å². The van der Waals surface area contributed by atoms with Crippen molar-refractivity contribution < 1.29 is 13.7 Å². The van der Waals surface area contributed by atoms with E-state index in [1.807, 2.05) is 6.07 Å². The summed E-state index contributed by atoms with van der Waals surface area (Å²) in [4.78, 5) is 0.539. The maximum absolute atomic E-state index is 12.4. The monoisotopic (exact) mass is 325 g/mol. The van der Waals surface area contributed by atoms with E-state index in [1.54, 1.807) is 44.6 Å². The van der Waals surface area contributed by atoms with Crippen molar-refractivity contribution in [3.63, 3.8) is 0 Å². The molecule has 0 bridgehead atoms. The van der Waals surface area contributed by atoms with Crippen LogP contribution in [0.5, 0.6) is 11.5 Å². The molecule has 2 rings (SSSR count). The Kier molecular flexibility index (Phi) is 5.09. The van der Waals surface area contributed by atoms with Gasteiger partial charge in [0.05, 0.1) is 35.7 Å². The molecule has 4 nitrogen and oxygen atoms in total. The molecule has 21 heavy (non-hydrogen) atoms. The van der Waals surface area contributed by atoms with E-state index in [9.17, 15) is 4.21 Å². The molecule has 112 valence electrons. The van der Waals surface area contributed by atoms with Gasteiger partial charge in [-0.15, -0.1) is 0 Å². The molecule has 0 saturated carbocycles. The van der Waals surface area contributed by atoms with E-state index < -0.39 is 10.8 Å². The normalized spacial score (nSPS) is 12.0. The molecule has 0 heterocycles. The fourth-order valence-electron chi connectivity index (χ4n) is 1.90. The summed E-state index contributed by atoms with van der Waals surface area (Å²) in [5.74, 6) is 1.56. The van der Waals surface area contributed by atoms with Gasteiger partial charge in [0.15, 0.2) is 11.5 Å². The lowest BCUT2D eigenvalue weighted by Crippen LogP contribution is -2.01. The first-order valence-corrected chi connectivity index (χ1v) is 7.89. The second kappa shape index (κ2) is 6.83. The summed E-state index contributed by atoms with van der Waals surface area (Å²) >= 11 is 5.92. The Morgan fingerprint density at radius 1 is 1.10 bits per heavy atom. The van der Waals surface area contributed by atoms with Gasteiger partial charge < -0.3 is 15.2 Å². The zero-order valence-electron chi connectivity index (χ0n) is 11.8. The molecule has 0 aromatic heterocycles. The summed E-state index contributed by atoms with van der Waals surface area (Å²) < 4.78 is 22.9. The van der Waals surface area contributed by atoms with Crippen molar-refractivity contribution >= 4 is 28.1 Å². The third kappa shape index (κ3) is 3.68. The second-order valence-electron chi connectivity index (χ2n) is 4.36. The molecule has 2 aromatic rings. The summed E-state index contributed by atoms with van der Waals surface area (Å²) in [6.45, 7) is 0. The Hall–Kier alpha value is -1.72. The largest absolute Gasteiger partial charge is 0.493 e. The number of halogens is 1. The van der Waals surface area contributed by atoms with Crippen molar-refractivity contribution in [2.75, 3.05) is 20.0 Å². The first kappa shape index (κ1) is 15.7. The van der Waals surface area contributed by atoms with E-state index in [2.05, 4.69) is 0 Å². The lowest BCUT2D eigenvalue weighted by atomic mass is 10.2. The van der Waals surface area contributed by atoms with Gasteiger partial charge in [-0.25, -0.2) is 0 Å². The fourth-order valence-corrected chi connectivity index (χ4v) is 3.37. The van der Waals surface area contributed by atoms with Crippen LogP contribution in [0.3, 0.4) is 0 Å². The minimum atomic E-state index is -1.28. The van der Waals surface area contributed by atoms with Gasteiger partial charge in [0.2, 0.25) is 0 Å². The van der Waals surface area contributed by atoms with E-state index in [4.69, 9.17) is 26.8 Å². The average Bonchev–Trinajstić information content (AvgIpc) is 2.49. The maximum Gasteiger partial charge on any atom is 0.161 e. The van der Waals surface area contributed by atoms with Crippen LogP contribution in [0, 0.1) is 0 Å². The summed E-state index contributed by atoms with van der Waals surface area (Å²) in [7, 11) is 1.85. The Bertz CT molecular complexity index is 676. The minimum absolute atomic E-state index is 0.324. The maximum atomic E-state index is 12.4. The van der Waals surface area contributed by atoms with Crippen LogP contribution in [0.4, 0.5) is 5.69 Å². The van der Waals surface area contributed by atoms with E-state index in [1.165, 1.54) is 0 Å². The highest BCUT2D eigenvalue weighted by atomic mass is 35.5. The Morgan fingerprint density at radius 3 is 2.48 bits per heavy atom. The third-order valence-electron chi connectivity index (χ3n) is 2.97. The van der Waals surface area contributed by atoms with E-state index in [-0.39, 0.29) is 0 Å². The van der Waals surface area contributed by atoms with Crippen LogP contribution >= 0.6 is 11.6 Å². The van der Waals surface area contributed by atoms with Crippen LogP contribution < -0.4 is 15.2 Å². The topological polar surface area (TPSA) is 61.5 Å². The van der Waals surface area contributed by atoms with Crippen LogP contribution in [0.1, 0.15) is 5.56 Å². The smallest absolute Gasteiger partial charge is 0.161 e. The van der Waals surface area contributed by atoms with Gasteiger partial charge in [-0.2, -0.15) is 0 Å². The van der Waals surface area contributed by atoms with Gasteiger partial charge >= 0.3 is 0 Å². The number of ether oxygens (including phenoxy) is 2. The lowest BCUT2D eigenvalue weighted by molar-refractivity contribution is 0.354. The van der Waals surface area contributed by atoms with Gasteiger partial charge in [0, 0.05) is 10.7 Å². The number of methoxy groups -OCH3 is 2. The van der Waals surface area contributed by atoms with Crippen LogP contribution in [0.25, 0.3) is 0 Å². The third-order valence-corrected chi connectivity index (χ3v) is 4.64. The van der Waals surface area contributed by atoms with Gasteiger partial charge in [0.1, 0.15) is 0 Å². The summed E-state index contributed by atoms with van der Waals surface area (Å²) in [6.07, 6.45) is 0. The SMILES string of the molecule is COc1ccc(CS(=O)c2cc(Cl)ccc2N)cc1OC. The predicted molar refractivity (Wildman–Crippen MR) is 85.5 cm³/mol. The van der Waals surface area contributed by atoms with Crippen LogP contribution in [0.15, 0.2) is 41.3 Å². The minimum Gasteiger partial charge on any atom is -0.493 e. The van der Waals surface area contributed by atoms with Gasteiger partial charge in [-0.1, -0.05) is 17.7 Å². The Balaban J connectivity index is 2.25. The zero-order chi connectivity index (χ0) is 15.4. The van der Waals surface area contributed by atoms with Gasteiger partial charge in [-0.05, 0) is 35.9 Å². The number of hydrogen-bond acceptors (Lipinski definition) is 4. The number of hydrogen-bond donors (Lipinski definition) is 1. The standard InChI is InChI=1S/C15H16ClNO3S/c1-19-13-6-3-10(7-14(13)20-2)9-21(18)15-8-11(16)4-5-12(15)17/h3-8H,9,17H2,1-2H3. The zero-order valence-corrected chi connectivity index (χ0v) is 13.3. The molecule has 0 fully saturated rings. The number of nitrogens with two attached hydrogens (primary N) is 1. The fraction of sp³-hybridized carbons (Fsp3) is 0.200. The average molecular weight is 326 g/mol. The number of nitrogen functional groups attached to an aromatic ring is 1. The van der Waals surface area contributed by atoms with Crippen molar-refractivity contribution in [2.24, 2.45) is 0 Å². The van der Waals surface area contributed by atoms with Crippen LogP contribution in [-0.2, 0) is 16.6 Å². The Morgan fingerprint density at radius 2 is 1.81 bits per heavy atom. The van der Waals surface area contributed by atoms with Crippen molar-refractivity contribution in [1.29, 1.82) is 0 Å². The quantitative estimate of drug-likeness (QED) is 0.857. The molecular weight excluding hydrogens is 310 g/mol. The van der Waals surface area contributed by atoms with E-state index >= 15 is 0 Å². The molecule has 0 aliphatic heterocycles. The lowest BCUT2D eigenvalue weighted by Gasteiger charge is -2.10. The molecule has 6 heteroatoms. The van der Waals surface area contributed by atoms with E-state index in [0.29, 0.717) is 32.9 Å². The van der Waals surface area contributed by atoms with E-state index in [0.717, 1.165) is 5.56 Å². The van der Waals surface area contributed by atoms with Crippen molar-refractivity contribution in [3.05, 3.63) is 47.0 Å². The molecule has 0 amide bonds. The molecule has 0 aliphatic carbocycles. The number of rotatable bonds is 5. The molecule has 2 aromatic carbocycles. The molecular formula is C15H16ClNO3S. The molecule has 1 unspecified atom stereocenters. The van der Waals surface area contributed by atoms with Crippen molar-refractivity contribution in [2.45, 2.75) is 10.6 Å². The predicted octanol–water partition coefficient (Wildman–Crippen LogP) is 3.25. The summed E-state index contributed by atoms with van der Waals surface area (Å²) in [6, 6.07) is 10.4. The van der Waals surface area contributed by atoms with Crippen LogP contribution in [0.2, 0.25) is 5.02 Å². The molecule has 0 spiro atoms. The first-order chi connectivity index (χ1) is 10.0. The van der Waals surface area contributed by atoms with Gasteiger partial charge in [-0.3, -0.25) is 4.21 Å². The van der Waals surface area contributed by atoms with Crippen molar-refractivity contribution in [1.82, 2.24) is 0 Å². The highest BCUT2D eigenvalue weighted by molar-refractivity contribution is 7.84. The second-order valence-corrected chi connectivity index (χ2v) is 6.22. The van der Waals surface area contributed by atoms with Gasteiger partial charge in [0.25, 0.3) is 0 Å². The highest BCUT2D eigenvalue weighted by Gasteiger charge is 2.12. The summed E-state index contributed by atoms with van der Waals surface area (Å²) in [5, 5.41) is 0.514.